The number of rotatable bonds is 4. The molecule has 0 saturated heterocycles. The first-order chi connectivity index (χ1) is 14.6. The van der Waals surface area contributed by atoms with Gasteiger partial charge in [-0.3, -0.25) is 14.9 Å². The van der Waals surface area contributed by atoms with E-state index < -0.39 is 27.1 Å². The van der Waals surface area contributed by atoms with Crippen LogP contribution in [-0.4, -0.2) is 40.5 Å². The van der Waals surface area contributed by atoms with Gasteiger partial charge < -0.3 is 5.11 Å². The van der Waals surface area contributed by atoms with Gasteiger partial charge in [-0.1, -0.05) is 23.5 Å². The number of nitrogens with zero attached hydrogens (tertiary/aromatic N) is 3. The fourth-order valence-corrected chi connectivity index (χ4v) is 4.52. The summed E-state index contributed by atoms with van der Waals surface area (Å²) in [6, 6.07) is 12.4. The van der Waals surface area contributed by atoms with Gasteiger partial charge in [0.15, 0.2) is 26.4 Å². The third-order valence-corrected chi connectivity index (χ3v) is 6.43. The molecule has 0 bridgehead atoms. The summed E-state index contributed by atoms with van der Waals surface area (Å²) in [5.41, 5.74) is 0.917. The Hall–Kier alpha value is -3.57. The highest BCUT2D eigenvalue weighted by molar-refractivity contribution is 7.90. The maximum absolute atomic E-state index is 12.7. The number of carbonyl (C=O) groups excluding carboxylic acids is 1. The minimum atomic E-state index is -3.38. The van der Waals surface area contributed by atoms with Crippen LogP contribution in [0.5, 0.6) is 5.75 Å². The quantitative estimate of drug-likeness (QED) is 0.482. The highest BCUT2D eigenvalue weighted by Gasteiger charge is 2.19. The van der Waals surface area contributed by atoms with Crippen LogP contribution in [0.2, 0.25) is 0 Å². The van der Waals surface area contributed by atoms with Crippen LogP contribution in [-0.2, 0) is 9.84 Å². The van der Waals surface area contributed by atoms with Gasteiger partial charge in [0.25, 0.3) is 11.5 Å². The number of hydrogen-bond acceptors (Lipinski definition) is 8. The lowest BCUT2D eigenvalue weighted by atomic mass is 10.2. The molecule has 1 amide bonds. The standard InChI is InChI=1S/C20H16N4O5S2/c1-11-4-3-5-12(8-11)24-17(26)10-15(25)18(23-24)19(27)22-20-21-14-7-6-13(31(2,28)29)9-16(14)30-20/h3-10,25H,1-2H3,(H,21,22,27). The predicted octanol–water partition coefficient (Wildman–Crippen LogP) is 2.51. The van der Waals surface area contributed by atoms with E-state index in [1.807, 2.05) is 13.0 Å². The van der Waals surface area contributed by atoms with Crippen LogP contribution in [0, 0.1) is 6.92 Å². The Kier molecular flexibility index (Phi) is 5.07. The Labute approximate surface area is 180 Å². The Morgan fingerprint density at radius 1 is 1.16 bits per heavy atom. The van der Waals surface area contributed by atoms with Gasteiger partial charge in [0.2, 0.25) is 0 Å². The van der Waals surface area contributed by atoms with Crippen LogP contribution in [0.25, 0.3) is 15.9 Å². The number of nitrogens with one attached hydrogen (secondary N) is 1. The number of amides is 1. The smallest absolute Gasteiger partial charge is 0.281 e. The molecule has 31 heavy (non-hydrogen) atoms. The Morgan fingerprint density at radius 2 is 1.94 bits per heavy atom. The van der Waals surface area contributed by atoms with E-state index in [-0.39, 0.29) is 15.7 Å². The maximum atomic E-state index is 12.7. The van der Waals surface area contributed by atoms with Crippen LogP contribution in [0.15, 0.2) is 58.2 Å². The Balaban J connectivity index is 1.69. The molecule has 0 saturated carbocycles. The first kappa shape index (κ1) is 20.7. The number of anilines is 1. The number of carbonyl (C=O) groups is 1. The average Bonchev–Trinajstić information content (AvgIpc) is 3.08. The van der Waals surface area contributed by atoms with E-state index >= 15 is 0 Å². The molecule has 4 rings (SSSR count). The number of thiazole rings is 1. The Bertz CT molecular complexity index is 1510. The average molecular weight is 457 g/mol. The summed E-state index contributed by atoms with van der Waals surface area (Å²) in [7, 11) is -3.38. The van der Waals surface area contributed by atoms with Crippen LogP contribution >= 0.6 is 11.3 Å². The number of aromatic nitrogens is 3. The number of sulfone groups is 1. The number of aryl methyl sites for hydroxylation is 1. The minimum Gasteiger partial charge on any atom is -0.505 e. The summed E-state index contributed by atoms with van der Waals surface area (Å²) in [5.74, 6) is -1.33. The van der Waals surface area contributed by atoms with Crippen LogP contribution in [0.4, 0.5) is 5.13 Å². The van der Waals surface area contributed by atoms with E-state index in [9.17, 15) is 23.1 Å². The van der Waals surface area contributed by atoms with Gasteiger partial charge in [-0.25, -0.2) is 13.4 Å². The van der Waals surface area contributed by atoms with Gasteiger partial charge in [0.05, 0.1) is 20.8 Å². The molecule has 2 aromatic carbocycles. The lowest BCUT2D eigenvalue weighted by molar-refractivity contribution is 0.101. The van der Waals surface area contributed by atoms with Crippen LogP contribution in [0.1, 0.15) is 16.1 Å². The maximum Gasteiger partial charge on any atom is 0.281 e. The van der Waals surface area contributed by atoms with Crippen LogP contribution in [0.3, 0.4) is 0 Å². The first-order valence-corrected chi connectivity index (χ1v) is 11.6. The van der Waals surface area contributed by atoms with Gasteiger partial charge in [-0.2, -0.15) is 9.78 Å². The highest BCUT2D eigenvalue weighted by atomic mass is 32.2. The molecule has 0 aliphatic rings. The summed E-state index contributed by atoms with van der Waals surface area (Å²) in [4.78, 5) is 29.4. The van der Waals surface area contributed by atoms with E-state index in [0.717, 1.165) is 33.9 Å². The summed E-state index contributed by atoms with van der Waals surface area (Å²) >= 11 is 1.08. The highest BCUT2D eigenvalue weighted by Crippen LogP contribution is 2.28. The van der Waals surface area contributed by atoms with Crippen molar-refractivity contribution in [3.8, 4) is 11.4 Å². The van der Waals surface area contributed by atoms with E-state index in [2.05, 4.69) is 15.4 Å². The normalized spacial score (nSPS) is 11.5. The van der Waals surface area contributed by atoms with Gasteiger partial charge >= 0.3 is 0 Å². The summed E-state index contributed by atoms with van der Waals surface area (Å²) in [6.45, 7) is 1.85. The zero-order valence-corrected chi connectivity index (χ0v) is 18.0. The zero-order valence-electron chi connectivity index (χ0n) is 16.4. The number of aromatic hydroxyl groups is 1. The molecule has 2 heterocycles. The molecular formula is C20H16N4O5S2. The SMILES string of the molecule is Cc1cccc(-n2nc(C(=O)Nc3nc4ccc(S(C)(=O)=O)cc4s3)c(O)cc2=O)c1. The van der Waals surface area contributed by atoms with Crippen molar-refractivity contribution >= 4 is 42.4 Å². The third-order valence-electron chi connectivity index (χ3n) is 4.38. The third kappa shape index (κ3) is 4.18. The molecule has 0 atom stereocenters. The number of hydrogen-bond donors (Lipinski definition) is 2. The molecule has 0 radical (unpaired) electrons. The van der Waals surface area contributed by atoms with E-state index in [4.69, 9.17) is 0 Å². The van der Waals surface area contributed by atoms with Crippen molar-refractivity contribution in [1.82, 2.24) is 14.8 Å². The fourth-order valence-electron chi connectivity index (χ4n) is 2.90. The predicted molar refractivity (Wildman–Crippen MR) is 117 cm³/mol. The van der Waals surface area contributed by atoms with Crippen molar-refractivity contribution in [1.29, 1.82) is 0 Å². The second-order valence-electron chi connectivity index (χ2n) is 6.84. The van der Waals surface area contributed by atoms with Crippen molar-refractivity contribution in [2.24, 2.45) is 0 Å². The largest absolute Gasteiger partial charge is 0.505 e. The fraction of sp³-hybridized carbons (Fsp3) is 0.100. The molecule has 0 fully saturated rings. The number of benzene rings is 2. The van der Waals surface area contributed by atoms with Gasteiger partial charge in [-0.05, 0) is 42.8 Å². The molecule has 0 aliphatic heterocycles. The lowest BCUT2D eigenvalue weighted by Gasteiger charge is -2.09. The van der Waals surface area contributed by atoms with E-state index in [0.29, 0.717) is 15.9 Å². The molecule has 0 aliphatic carbocycles. The molecule has 4 aromatic rings. The monoisotopic (exact) mass is 456 g/mol. The molecule has 2 aromatic heterocycles. The van der Waals surface area contributed by atoms with E-state index in [1.165, 1.54) is 12.1 Å². The van der Waals surface area contributed by atoms with Crippen molar-refractivity contribution in [3.63, 3.8) is 0 Å². The minimum absolute atomic E-state index is 0.145. The van der Waals surface area contributed by atoms with E-state index in [1.54, 1.807) is 24.3 Å². The Morgan fingerprint density at radius 3 is 2.65 bits per heavy atom. The zero-order chi connectivity index (χ0) is 22.3. The van der Waals surface area contributed by atoms with Gasteiger partial charge in [0.1, 0.15) is 0 Å². The molecule has 2 N–H and O–H groups in total. The molecule has 0 unspecified atom stereocenters. The summed E-state index contributed by atoms with van der Waals surface area (Å²) in [6.07, 6.45) is 1.11. The van der Waals surface area contributed by atoms with Gasteiger partial charge in [0, 0.05) is 12.3 Å². The van der Waals surface area contributed by atoms with Crippen molar-refractivity contribution in [2.45, 2.75) is 11.8 Å². The second-order valence-corrected chi connectivity index (χ2v) is 9.89. The molecule has 9 nitrogen and oxygen atoms in total. The van der Waals surface area contributed by atoms with Crippen molar-refractivity contribution in [3.05, 3.63) is 70.1 Å². The lowest BCUT2D eigenvalue weighted by Crippen LogP contribution is -2.25. The molecule has 11 heteroatoms. The summed E-state index contributed by atoms with van der Waals surface area (Å²) in [5, 5.41) is 16.9. The first-order valence-electron chi connectivity index (χ1n) is 8.94. The molecular weight excluding hydrogens is 440 g/mol. The number of fused-ring (bicyclic) bond motifs is 1. The van der Waals surface area contributed by atoms with Crippen molar-refractivity contribution < 1.29 is 18.3 Å². The van der Waals surface area contributed by atoms with Crippen LogP contribution < -0.4 is 10.9 Å². The van der Waals surface area contributed by atoms with Gasteiger partial charge in [-0.15, -0.1) is 0 Å². The van der Waals surface area contributed by atoms with Crippen molar-refractivity contribution in [2.75, 3.05) is 11.6 Å². The summed E-state index contributed by atoms with van der Waals surface area (Å²) < 4.78 is 25.1. The second kappa shape index (κ2) is 7.60. The molecule has 0 spiro atoms. The molecule has 158 valence electrons. The topological polar surface area (TPSA) is 131 Å².